The highest BCUT2D eigenvalue weighted by atomic mass is 19.4. The number of aryl methyl sites for hydroxylation is 2. The first-order valence-corrected chi connectivity index (χ1v) is 11.0. The predicted molar refractivity (Wildman–Crippen MR) is 112 cm³/mol. The zero-order chi connectivity index (χ0) is 21.6. The van der Waals surface area contributed by atoms with Gasteiger partial charge in [-0.25, -0.2) is 9.37 Å². The normalized spacial score (nSPS) is 14.8. The molecule has 30 heavy (non-hydrogen) atoms. The average molecular weight is 423 g/mol. The Labute approximate surface area is 176 Å². The van der Waals surface area contributed by atoms with Gasteiger partial charge >= 0.3 is 6.18 Å². The van der Waals surface area contributed by atoms with E-state index < -0.39 is 17.6 Å². The van der Waals surface area contributed by atoms with Crippen LogP contribution in [0.5, 0.6) is 0 Å². The monoisotopic (exact) mass is 422 g/mol. The van der Waals surface area contributed by atoms with Gasteiger partial charge in [-0.15, -0.1) is 0 Å². The first-order valence-electron chi connectivity index (χ1n) is 11.0. The summed E-state index contributed by atoms with van der Waals surface area (Å²) in [6.45, 7) is 2.96. The Hall–Kier alpha value is -2.11. The summed E-state index contributed by atoms with van der Waals surface area (Å²) in [4.78, 5) is 4.71. The SMILES string of the molecule is CC[C@H](CCCCCCc1ccc2c(n1)NCCC2)c1ccc(F)c(C(F)(F)F)c1. The summed E-state index contributed by atoms with van der Waals surface area (Å²) >= 11 is 0. The fraction of sp³-hybridized carbons (Fsp3) is 0.542. The Kier molecular flexibility index (Phi) is 7.73. The third-order valence-electron chi connectivity index (χ3n) is 5.95. The van der Waals surface area contributed by atoms with Crippen LogP contribution >= 0.6 is 0 Å². The third kappa shape index (κ3) is 5.96. The number of anilines is 1. The molecule has 2 nitrogen and oxygen atoms in total. The lowest BCUT2D eigenvalue weighted by molar-refractivity contribution is -0.140. The number of rotatable bonds is 9. The lowest BCUT2D eigenvalue weighted by Gasteiger charge is -2.18. The summed E-state index contributed by atoms with van der Waals surface area (Å²) in [5, 5.41) is 3.36. The molecule has 0 saturated heterocycles. The van der Waals surface area contributed by atoms with Crippen molar-refractivity contribution in [2.45, 2.75) is 76.8 Å². The van der Waals surface area contributed by atoms with Crippen LogP contribution in [0, 0.1) is 5.82 Å². The Morgan fingerprint density at radius 1 is 1.07 bits per heavy atom. The van der Waals surface area contributed by atoms with Crippen LogP contribution in [0.25, 0.3) is 0 Å². The van der Waals surface area contributed by atoms with E-state index in [-0.39, 0.29) is 5.92 Å². The molecule has 1 aliphatic heterocycles. The van der Waals surface area contributed by atoms with Crippen molar-refractivity contribution >= 4 is 5.82 Å². The highest BCUT2D eigenvalue weighted by Crippen LogP contribution is 2.35. The number of aromatic nitrogens is 1. The van der Waals surface area contributed by atoms with Gasteiger partial charge in [0.2, 0.25) is 0 Å². The molecule has 3 rings (SSSR count). The van der Waals surface area contributed by atoms with E-state index in [1.54, 1.807) is 0 Å². The first kappa shape index (κ1) is 22.6. The van der Waals surface area contributed by atoms with Gasteiger partial charge in [0, 0.05) is 12.2 Å². The number of hydrogen-bond donors (Lipinski definition) is 1. The summed E-state index contributed by atoms with van der Waals surface area (Å²) in [6.07, 6.45) is 4.21. The minimum Gasteiger partial charge on any atom is -0.370 e. The van der Waals surface area contributed by atoms with Gasteiger partial charge in [0.15, 0.2) is 0 Å². The van der Waals surface area contributed by atoms with Crippen LogP contribution in [0.15, 0.2) is 30.3 Å². The molecule has 0 unspecified atom stereocenters. The maximum atomic E-state index is 13.5. The van der Waals surface area contributed by atoms with Gasteiger partial charge in [0.05, 0.1) is 5.56 Å². The topological polar surface area (TPSA) is 24.9 Å². The lowest BCUT2D eigenvalue weighted by atomic mass is 9.89. The molecule has 1 aliphatic rings. The van der Waals surface area contributed by atoms with Gasteiger partial charge < -0.3 is 5.32 Å². The van der Waals surface area contributed by atoms with Crippen LogP contribution in [0.2, 0.25) is 0 Å². The second-order valence-corrected chi connectivity index (χ2v) is 8.14. The molecule has 6 heteroatoms. The van der Waals surface area contributed by atoms with Crippen molar-refractivity contribution in [3.05, 3.63) is 58.5 Å². The molecule has 1 aromatic heterocycles. The Bertz CT molecular complexity index is 832. The summed E-state index contributed by atoms with van der Waals surface area (Å²) < 4.78 is 52.4. The number of unbranched alkanes of at least 4 members (excludes halogenated alkanes) is 3. The maximum absolute atomic E-state index is 13.5. The molecule has 0 aliphatic carbocycles. The number of hydrogen-bond acceptors (Lipinski definition) is 2. The van der Waals surface area contributed by atoms with Crippen molar-refractivity contribution in [3.8, 4) is 0 Å². The first-order chi connectivity index (χ1) is 14.4. The zero-order valence-corrected chi connectivity index (χ0v) is 17.5. The second kappa shape index (κ2) is 10.3. The minimum absolute atomic E-state index is 0.0279. The zero-order valence-electron chi connectivity index (χ0n) is 17.5. The van der Waals surface area contributed by atoms with E-state index in [2.05, 4.69) is 17.4 Å². The smallest absolute Gasteiger partial charge is 0.370 e. The number of alkyl halides is 3. The molecule has 2 aromatic rings. The largest absolute Gasteiger partial charge is 0.419 e. The minimum atomic E-state index is -4.65. The fourth-order valence-corrected chi connectivity index (χ4v) is 4.18. The molecule has 1 atom stereocenters. The molecular weight excluding hydrogens is 392 g/mol. The van der Waals surface area contributed by atoms with Crippen molar-refractivity contribution in [1.82, 2.24) is 4.98 Å². The molecule has 2 heterocycles. The van der Waals surface area contributed by atoms with Gasteiger partial charge in [0.25, 0.3) is 0 Å². The standard InChI is InChI=1S/C24H30F4N2/c1-2-17(19-12-14-22(25)21(16-19)24(26,27)28)8-5-3-4-6-10-20-13-11-18-9-7-15-29-23(18)30-20/h11-14,16-17H,2-10,15H2,1H3,(H,29,30)/t17-/m1/s1. The Morgan fingerprint density at radius 2 is 1.87 bits per heavy atom. The number of pyridine rings is 1. The van der Waals surface area contributed by atoms with Crippen molar-refractivity contribution < 1.29 is 17.6 Å². The van der Waals surface area contributed by atoms with E-state index in [0.717, 1.165) is 88.0 Å². The maximum Gasteiger partial charge on any atom is 0.419 e. The number of nitrogens with one attached hydrogen (secondary N) is 1. The van der Waals surface area contributed by atoms with E-state index >= 15 is 0 Å². The van der Waals surface area contributed by atoms with E-state index in [1.165, 1.54) is 11.6 Å². The van der Waals surface area contributed by atoms with E-state index in [4.69, 9.17) is 4.98 Å². The van der Waals surface area contributed by atoms with Gasteiger partial charge in [-0.05, 0) is 73.8 Å². The van der Waals surface area contributed by atoms with Crippen molar-refractivity contribution in [3.63, 3.8) is 0 Å². The van der Waals surface area contributed by atoms with Gasteiger partial charge in [-0.1, -0.05) is 38.3 Å². The molecule has 164 valence electrons. The van der Waals surface area contributed by atoms with Crippen LogP contribution in [-0.2, 0) is 19.0 Å². The van der Waals surface area contributed by atoms with Crippen molar-refractivity contribution in [1.29, 1.82) is 0 Å². The van der Waals surface area contributed by atoms with Crippen LogP contribution in [0.1, 0.15) is 80.2 Å². The van der Waals surface area contributed by atoms with Gasteiger partial charge in [-0.3, -0.25) is 0 Å². The van der Waals surface area contributed by atoms with E-state index in [1.807, 2.05) is 6.92 Å². The predicted octanol–water partition coefficient (Wildman–Crippen LogP) is 7.28. The molecule has 0 bridgehead atoms. The molecule has 1 N–H and O–H groups in total. The van der Waals surface area contributed by atoms with Crippen LogP contribution < -0.4 is 5.32 Å². The lowest BCUT2D eigenvalue weighted by Crippen LogP contribution is -2.13. The summed E-state index contributed by atoms with van der Waals surface area (Å²) in [7, 11) is 0. The summed E-state index contributed by atoms with van der Waals surface area (Å²) in [5.74, 6) is -0.144. The number of fused-ring (bicyclic) bond motifs is 1. The van der Waals surface area contributed by atoms with Crippen molar-refractivity contribution in [2.75, 3.05) is 11.9 Å². The average Bonchev–Trinajstić information content (AvgIpc) is 2.73. The summed E-state index contributed by atoms with van der Waals surface area (Å²) in [5.41, 5.74) is 1.83. The highest BCUT2D eigenvalue weighted by molar-refractivity contribution is 5.47. The van der Waals surface area contributed by atoms with Gasteiger partial charge in [0.1, 0.15) is 11.6 Å². The van der Waals surface area contributed by atoms with Crippen LogP contribution in [-0.4, -0.2) is 11.5 Å². The third-order valence-corrected chi connectivity index (χ3v) is 5.95. The molecule has 0 spiro atoms. The molecule has 0 radical (unpaired) electrons. The molecule has 1 aromatic carbocycles. The van der Waals surface area contributed by atoms with Crippen LogP contribution in [0.4, 0.5) is 23.4 Å². The van der Waals surface area contributed by atoms with E-state index in [9.17, 15) is 17.6 Å². The second-order valence-electron chi connectivity index (χ2n) is 8.14. The Balaban J connectivity index is 1.43. The Morgan fingerprint density at radius 3 is 2.63 bits per heavy atom. The quantitative estimate of drug-likeness (QED) is 0.339. The highest BCUT2D eigenvalue weighted by Gasteiger charge is 2.34. The van der Waals surface area contributed by atoms with E-state index in [0.29, 0.717) is 5.56 Å². The molecule has 0 fully saturated rings. The summed E-state index contributed by atoms with van der Waals surface area (Å²) in [6, 6.07) is 7.72. The molecule has 0 saturated carbocycles. The van der Waals surface area contributed by atoms with Crippen LogP contribution in [0.3, 0.4) is 0 Å². The van der Waals surface area contributed by atoms with Crippen molar-refractivity contribution in [2.24, 2.45) is 0 Å². The fourth-order valence-electron chi connectivity index (χ4n) is 4.18. The number of benzene rings is 1. The number of nitrogens with zero attached hydrogens (tertiary/aromatic N) is 1. The molecule has 0 amide bonds. The molecular formula is C24H30F4N2. The number of halogens is 4. The van der Waals surface area contributed by atoms with Gasteiger partial charge in [-0.2, -0.15) is 13.2 Å².